The van der Waals surface area contributed by atoms with Crippen molar-refractivity contribution in [1.82, 2.24) is 0 Å². The zero-order valence-electron chi connectivity index (χ0n) is 13.5. The predicted octanol–water partition coefficient (Wildman–Crippen LogP) is 5.30. The van der Waals surface area contributed by atoms with E-state index in [0.717, 1.165) is 38.2 Å². The molecule has 0 aliphatic carbocycles. The van der Waals surface area contributed by atoms with Gasteiger partial charge in [0.05, 0.1) is 0 Å². The van der Waals surface area contributed by atoms with Crippen LogP contribution < -0.4 is 0 Å². The number of aryl methyl sites for hydroxylation is 1. The predicted molar refractivity (Wildman–Crippen MR) is 98.8 cm³/mol. The molecule has 0 heterocycles. The van der Waals surface area contributed by atoms with Crippen LogP contribution >= 0.6 is 0 Å². The van der Waals surface area contributed by atoms with Crippen molar-refractivity contribution in [2.24, 2.45) is 0 Å². The number of hydrogen-bond acceptors (Lipinski definition) is 2. The van der Waals surface area contributed by atoms with Gasteiger partial charge in [-0.15, -0.1) is 0 Å². The summed E-state index contributed by atoms with van der Waals surface area (Å²) in [6, 6.07) is 21.8. The van der Waals surface area contributed by atoms with Crippen molar-refractivity contribution in [1.29, 1.82) is 0 Å². The van der Waals surface area contributed by atoms with Crippen molar-refractivity contribution in [2.45, 2.75) is 13.3 Å². The van der Waals surface area contributed by atoms with E-state index in [4.69, 9.17) is 0 Å². The number of phenols is 2. The average molecular weight is 314 g/mol. The second kappa shape index (κ2) is 5.57. The molecule has 0 spiro atoms. The molecule has 0 unspecified atom stereocenters. The van der Waals surface area contributed by atoms with E-state index in [1.165, 1.54) is 0 Å². The largest absolute Gasteiger partial charge is 0.508 e. The van der Waals surface area contributed by atoms with E-state index >= 15 is 0 Å². The Bertz CT molecular complexity index is 1060. The number of benzene rings is 4. The molecule has 2 N–H and O–H groups in total. The molecule has 0 radical (unpaired) electrons. The molecule has 4 aromatic carbocycles. The first-order valence-corrected chi connectivity index (χ1v) is 8.04. The molecule has 0 aliphatic heterocycles. The van der Waals surface area contributed by atoms with E-state index < -0.39 is 0 Å². The van der Waals surface area contributed by atoms with Crippen LogP contribution in [0.4, 0.5) is 0 Å². The Hall–Kier alpha value is -3.00. The summed E-state index contributed by atoms with van der Waals surface area (Å²) in [5.41, 5.74) is 2.91. The molecule has 0 fully saturated rings. The molecule has 118 valence electrons. The lowest BCUT2D eigenvalue weighted by atomic mass is 9.96. The Morgan fingerprint density at radius 1 is 0.750 bits per heavy atom. The monoisotopic (exact) mass is 314 g/mol. The fourth-order valence-corrected chi connectivity index (χ4v) is 3.28. The molecule has 2 heteroatoms. The molecule has 0 aromatic heterocycles. The minimum absolute atomic E-state index is 0.313. The summed E-state index contributed by atoms with van der Waals surface area (Å²) >= 11 is 0. The van der Waals surface area contributed by atoms with Crippen LogP contribution in [0.2, 0.25) is 0 Å². The smallest absolute Gasteiger partial charge is 0.126 e. The SMILES string of the molecule is Cc1c(O)ccc2ccc(Cc3ccc4ccccc4c3O)cc12. The Kier molecular flexibility index (Phi) is 3.39. The van der Waals surface area contributed by atoms with Crippen molar-refractivity contribution in [3.8, 4) is 11.5 Å². The molecule has 4 rings (SSSR count). The summed E-state index contributed by atoms with van der Waals surface area (Å²) in [5, 5.41) is 24.6. The molecule has 2 nitrogen and oxygen atoms in total. The maximum absolute atomic E-state index is 10.6. The second-order valence-electron chi connectivity index (χ2n) is 6.24. The van der Waals surface area contributed by atoms with Crippen molar-refractivity contribution in [3.63, 3.8) is 0 Å². The van der Waals surface area contributed by atoms with Crippen LogP contribution in [0, 0.1) is 6.92 Å². The van der Waals surface area contributed by atoms with Crippen molar-refractivity contribution in [3.05, 3.63) is 83.4 Å². The van der Waals surface area contributed by atoms with Crippen LogP contribution in [0.3, 0.4) is 0 Å². The van der Waals surface area contributed by atoms with Crippen LogP contribution in [0.5, 0.6) is 11.5 Å². The Morgan fingerprint density at radius 3 is 2.33 bits per heavy atom. The third-order valence-corrected chi connectivity index (χ3v) is 4.71. The van der Waals surface area contributed by atoms with E-state index in [9.17, 15) is 10.2 Å². The lowest BCUT2D eigenvalue weighted by Gasteiger charge is -2.10. The highest BCUT2D eigenvalue weighted by molar-refractivity contribution is 5.90. The van der Waals surface area contributed by atoms with Gasteiger partial charge in [-0.05, 0) is 45.8 Å². The third kappa shape index (κ3) is 2.37. The molecular formula is C22H18O2. The minimum atomic E-state index is 0.313. The van der Waals surface area contributed by atoms with E-state index in [2.05, 4.69) is 18.2 Å². The summed E-state index contributed by atoms with van der Waals surface area (Å²) in [6.07, 6.45) is 0.654. The molecular weight excluding hydrogens is 296 g/mol. The summed E-state index contributed by atoms with van der Waals surface area (Å²) in [4.78, 5) is 0. The Morgan fingerprint density at radius 2 is 1.46 bits per heavy atom. The maximum atomic E-state index is 10.6. The zero-order chi connectivity index (χ0) is 16.7. The van der Waals surface area contributed by atoms with Gasteiger partial charge in [-0.2, -0.15) is 0 Å². The highest BCUT2D eigenvalue weighted by atomic mass is 16.3. The molecule has 24 heavy (non-hydrogen) atoms. The van der Waals surface area contributed by atoms with Crippen molar-refractivity contribution >= 4 is 21.5 Å². The molecule has 4 aromatic rings. The summed E-state index contributed by atoms with van der Waals surface area (Å²) in [6.45, 7) is 1.93. The van der Waals surface area contributed by atoms with Gasteiger partial charge in [0.25, 0.3) is 0 Å². The molecule has 0 bridgehead atoms. The molecule has 0 saturated heterocycles. The summed E-state index contributed by atoms with van der Waals surface area (Å²) in [5.74, 6) is 0.661. The fraction of sp³-hybridized carbons (Fsp3) is 0.0909. The van der Waals surface area contributed by atoms with Crippen LogP contribution in [0.15, 0.2) is 66.7 Å². The molecule has 0 saturated carbocycles. The number of fused-ring (bicyclic) bond motifs is 2. The van der Waals surface area contributed by atoms with Gasteiger partial charge in [-0.25, -0.2) is 0 Å². The number of phenolic OH excluding ortho intramolecular Hbond substituents is 2. The third-order valence-electron chi connectivity index (χ3n) is 4.71. The first kappa shape index (κ1) is 14.6. The molecule has 0 aliphatic rings. The van der Waals surface area contributed by atoms with Crippen LogP contribution in [-0.2, 0) is 6.42 Å². The van der Waals surface area contributed by atoms with Gasteiger partial charge in [-0.1, -0.05) is 60.7 Å². The Balaban J connectivity index is 1.79. The van der Waals surface area contributed by atoms with Crippen molar-refractivity contribution < 1.29 is 10.2 Å². The lowest BCUT2D eigenvalue weighted by molar-refractivity contribution is 0.472. The fourth-order valence-electron chi connectivity index (χ4n) is 3.28. The van der Waals surface area contributed by atoms with Gasteiger partial charge >= 0.3 is 0 Å². The second-order valence-corrected chi connectivity index (χ2v) is 6.24. The lowest BCUT2D eigenvalue weighted by Crippen LogP contribution is -1.91. The number of rotatable bonds is 2. The summed E-state index contributed by atoms with van der Waals surface area (Å²) in [7, 11) is 0. The van der Waals surface area contributed by atoms with Crippen molar-refractivity contribution in [2.75, 3.05) is 0 Å². The standard InChI is InChI=1S/C22H18O2/c1-14-20-13-15(6-7-17(20)10-11-21(14)23)12-18-9-8-16-4-2-3-5-19(16)22(18)24/h2-11,13,23-24H,12H2,1H3. The van der Waals surface area contributed by atoms with Gasteiger partial charge in [0, 0.05) is 11.8 Å². The van der Waals surface area contributed by atoms with Gasteiger partial charge < -0.3 is 10.2 Å². The average Bonchev–Trinajstić information content (AvgIpc) is 2.61. The van der Waals surface area contributed by atoms with Gasteiger partial charge in [0.1, 0.15) is 11.5 Å². The molecule has 0 atom stereocenters. The van der Waals surface area contributed by atoms with Gasteiger partial charge in [0.2, 0.25) is 0 Å². The Labute approximate surface area is 140 Å². The first-order chi connectivity index (χ1) is 11.6. The highest BCUT2D eigenvalue weighted by Crippen LogP contribution is 2.32. The highest BCUT2D eigenvalue weighted by Gasteiger charge is 2.09. The van der Waals surface area contributed by atoms with E-state index in [1.54, 1.807) is 6.07 Å². The van der Waals surface area contributed by atoms with Gasteiger partial charge in [0.15, 0.2) is 0 Å². The number of hydrogen-bond donors (Lipinski definition) is 2. The zero-order valence-corrected chi connectivity index (χ0v) is 13.5. The van der Waals surface area contributed by atoms with E-state index in [0.29, 0.717) is 17.9 Å². The van der Waals surface area contributed by atoms with Gasteiger partial charge in [-0.3, -0.25) is 0 Å². The van der Waals surface area contributed by atoms with E-state index in [-0.39, 0.29) is 0 Å². The first-order valence-electron chi connectivity index (χ1n) is 8.04. The normalized spacial score (nSPS) is 11.2. The maximum Gasteiger partial charge on any atom is 0.126 e. The van der Waals surface area contributed by atoms with Crippen LogP contribution in [-0.4, -0.2) is 10.2 Å². The topological polar surface area (TPSA) is 40.5 Å². The van der Waals surface area contributed by atoms with E-state index in [1.807, 2.05) is 49.4 Å². The minimum Gasteiger partial charge on any atom is -0.508 e. The quantitative estimate of drug-likeness (QED) is 0.527. The summed E-state index contributed by atoms with van der Waals surface area (Å²) < 4.78 is 0. The molecule has 0 amide bonds. The van der Waals surface area contributed by atoms with Crippen LogP contribution in [0.25, 0.3) is 21.5 Å². The van der Waals surface area contributed by atoms with Crippen LogP contribution in [0.1, 0.15) is 16.7 Å². The number of aromatic hydroxyl groups is 2.